The lowest BCUT2D eigenvalue weighted by Gasteiger charge is -2.32. The van der Waals surface area contributed by atoms with E-state index in [9.17, 15) is 9.90 Å². The van der Waals surface area contributed by atoms with E-state index in [1.54, 1.807) is 12.4 Å². The number of hydrogen-bond acceptors (Lipinski definition) is 8. The topological polar surface area (TPSA) is 114 Å². The second-order valence-corrected chi connectivity index (χ2v) is 8.23. The predicted octanol–water partition coefficient (Wildman–Crippen LogP) is -0.501. The summed E-state index contributed by atoms with van der Waals surface area (Å²) in [6.07, 6.45) is 3.02. The third-order valence-electron chi connectivity index (χ3n) is 5.66. The smallest absolute Gasteiger partial charge is 0.460 e. The van der Waals surface area contributed by atoms with Gasteiger partial charge in [0.05, 0.1) is 17.8 Å². The molecule has 9 nitrogen and oxygen atoms in total. The van der Waals surface area contributed by atoms with Gasteiger partial charge in [-0.15, -0.1) is 0 Å². The Morgan fingerprint density at radius 1 is 1.25 bits per heavy atom. The molecule has 2 aliphatic heterocycles. The summed E-state index contributed by atoms with van der Waals surface area (Å²) in [5.41, 5.74) is -0.131. The summed E-state index contributed by atoms with van der Waals surface area (Å²) < 4.78 is 17.8. The molecule has 2 aliphatic rings. The van der Waals surface area contributed by atoms with Crippen LogP contribution >= 0.6 is 0 Å². The van der Waals surface area contributed by atoms with Gasteiger partial charge in [0.15, 0.2) is 6.10 Å². The zero-order valence-electron chi connectivity index (χ0n) is 16.8. The van der Waals surface area contributed by atoms with Gasteiger partial charge >= 0.3 is 13.1 Å². The van der Waals surface area contributed by atoms with Gasteiger partial charge < -0.3 is 29.2 Å². The van der Waals surface area contributed by atoms with Gasteiger partial charge in [0.1, 0.15) is 6.10 Å². The van der Waals surface area contributed by atoms with E-state index in [2.05, 4.69) is 9.97 Å². The van der Waals surface area contributed by atoms with Gasteiger partial charge in [0.25, 0.3) is 5.91 Å². The average Bonchev–Trinajstić information content (AvgIpc) is 2.89. The van der Waals surface area contributed by atoms with Gasteiger partial charge in [-0.25, -0.2) is 9.97 Å². The lowest BCUT2D eigenvalue weighted by atomic mass is 9.81. The highest BCUT2D eigenvalue weighted by Crippen LogP contribution is 2.36. The fraction of sp³-hybridized carbons (Fsp3) is 0.722. The quantitative estimate of drug-likeness (QED) is 0.644. The normalized spacial score (nSPS) is 22.9. The Hall–Kier alpha value is -1.75. The number of hydrogen-bond donors (Lipinski definition) is 2. The molecule has 1 amide bonds. The Kier molecular flexibility index (Phi) is 5.95. The first-order chi connectivity index (χ1) is 13.1. The Bertz CT molecular complexity index is 675. The predicted molar refractivity (Wildman–Crippen MR) is 101 cm³/mol. The number of nitrogens with zero attached hydrogens (tertiary/aromatic N) is 3. The average molecular weight is 393 g/mol. The molecule has 2 saturated heterocycles. The van der Waals surface area contributed by atoms with E-state index in [0.29, 0.717) is 25.9 Å². The van der Waals surface area contributed by atoms with E-state index in [4.69, 9.17) is 19.2 Å². The van der Waals surface area contributed by atoms with Crippen LogP contribution in [0.2, 0.25) is 0 Å². The van der Waals surface area contributed by atoms with E-state index in [-0.39, 0.29) is 12.1 Å². The van der Waals surface area contributed by atoms with Crippen molar-refractivity contribution in [3.8, 4) is 6.01 Å². The zero-order chi connectivity index (χ0) is 20.5. The fourth-order valence-corrected chi connectivity index (χ4v) is 3.12. The second-order valence-electron chi connectivity index (χ2n) is 8.23. The zero-order valence-corrected chi connectivity index (χ0v) is 16.8. The van der Waals surface area contributed by atoms with Crippen LogP contribution in [0.15, 0.2) is 12.4 Å². The first kappa shape index (κ1) is 21.0. The third-order valence-corrected chi connectivity index (χ3v) is 5.66. The minimum Gasteiger partial charge on any atom is -0.460 e. The first-order valence-electron chi connectivity index (χ1n) is 9.55. The van der Waals surface area contributed by atoms with Crippen LogP contribution in [0.5, 0.6) is 6.01 Å². The van der Waals surface area contributed by atoms with Crippen LogP contribution in [-0.4, -0.2) is 81.2 Å². The number of amides is 1. The highest BCUT2D eigenvalue weighted by atomic mass is 16.7. The molecular weight excluding hydrogens is 365 g/mol. The highest BCUT2D eigenvalue weighted by molar-refractivity contribution is 6.61. The molecule has 2 N–H and O–H groups in total. The Morgan fingerprint density at radius 3 is 2.29 bits per heavy atom. The fourth-order valence-electron chi connectivity index (χ4n) is 3.12. The summed E-state index contributed by atoms with van der Waals surface area (Å²) in [7, 11) is -0.522. The summed E-state index contributed by atoms with van der Waals surface area (Å²) in [6, 6.07) is 0.264. The van der Waals surface area contributed by atoms with Crippen molar-refractivity contribution in [2.75, 3.05) is 19.7 Å². The number of likely N-dealkylation sites (tertiary alicyclic amines) is 1. The van der Waals surface area contributed by atoms with Crippen LogP contribution in [0.4, 0.5) is 0 Å². The maximum absolute atomic E-state index is 11.9. The van der Waals surface area contributed by atoms with Crippen LogP contribution in [0, 0.1) is 0 Å². The highest BCUT2D eigenvalue weighted by Gasteiger charge is 2.52. The van der Waals surface area contributed by atoms with Crippen molar-refractivity contribution in [1.82, 2.24) is 14.9 Å². The molecule has 3 heterocycles. The van der Waals surface area contributed by atoms with Gasteiger partial charge in [0, 0.05) is 43.8 Å². The van der Waals surface area contributed by atoms with Gasteiger partial charge in [-0.2, -0.15) is 0 Å². The molecule has 1 aromatic rings. The van der Waals surface area contributed by atoms with E-state index < -0.39 is 36.9 Å². The minimum absolute atomic E-state index is 0.113. The number of rotatable bonds is 5. The SMILES string of the molecule is CC1(C)OB(c2cnc(OC3CCN(C(=O)[C@H](O)CO)CC3)nc2)OC1(C)C. The largest absolute Gasteiger partial charge is 0.498 e. The van der Waals surface area contributed by atoms with Crippen molar-refractivity contribution in [2.45, 2.75) is 63.9 Å². The van der Waals surface area contributed by atoms with Gasteiger partial charge in [-0.05, 0) is 27.7 Å². The number of aliphatic hydroxyl groups is 2. The van der Waals surface area contributed by atoms with Crippen molar-refractivity contribution in [3.63, 3.8) is 0 Å². The number of piperidine rings is 1. The third kappa shape index (κ3) is 4.30. The van der Waals surface area contributed by atoms with Crippen LogP contribution < -0.4 is 10.2 Å². The molecule has 0 aromatic carbocycles. The van der Waals surface area contributed by atoms with Crippen LogP contribution in [0.25, 0.3) is 0 Å². The van der Waals surface area contributed by atoms with Crippen LogP contribution in [-0.2, 0) is 14.1 Å². The maximum Gasteiger partial charge on any atom is 0.498 e. The second kappa shape index (κ2) is 7.94. The summed E-state index contributed by atoms with van der Waals surface area (Å²) in [5, 5.41) is 18.3. The van der Waals surface area contributed by atoms with E-state index >= 15 is 0 Å². The molecule has 0 bridgehead atoms. The van der Waals surface area contributed by atoms with Crippen molar-refractivity contribution in [3.05, 3.63) is 12.4 Å². The Morgan fingerprint density at radius 2 is 1.79 bits per heavy atom. The van der Waals surface area contributed by atoms with E-state index in [0.717, 1.165) is 5.46 Å². The molecule has 1 aromatic heterocycles. The molecule has 0 radical (unpaired) electrons. The lowest BCUT2D eigenvalue weighted by molar-refractivity contribution is -0.143. The molecule has 0 saturated carbocycles. The molecule has 28 heavy (non-hydrogen) atoms. The number of ether oxygens (including phenoxy) is 1. The Balaban J connectivity index is 1.53. The molecular formula is C18H28BN3O6. The Labute approximate surface area is 165 Å². The number of carbonyl (C=O) groups is 1. The number of aliphatic hydroxyl groups excluding tert-OH is 2. The maximum atomic E-state index is 11.9. The van der Waals surface area contributed by atoms with Gasteiger partial charge in [-0.1, -0.05) is 0 Å². The minimum atomic E-state index is -1.36. The van der Waals surface area contributed by atoms with Gasteiger partial charge in [0.2, 0.25) is 0 Å². The monoisotopic (exact) mass is 393 g/mol. The van der Waals surface area contributed by atoms with Crippen molar-refractivity contribution in [2.24, 2.45) is 0 Å². The van der Waals surface area contributed by atoms with E-state index in [1.165, 1.54) is 4.90 Å². The van der Waals surface area contributed by atoms with Crippen molar-refractivity contribution >= 4 is 18.5 Å². The standard InChI is InChI=1S/C18H28BN3O6/c1-17(2)18(3,4)28-19(27-17)12-9-20-16(21-10-12)26-13-5-7-22(8-6-13)15(25)14(24)11-23/h9-10,13-14,23-24H,5-8,11H2,1-4H3/t14-/m1/s1. The first-order valence-corrected chi connectivity index (χ1v) is 9.55. The molecule has 1 atom stereocenters. The molecule has 3 rings (SSSR count). The van der Waals surface area contributed by atoms with E-state index in [1.807, 2.05) is 27.7 Å². The summed E-state index contributed by atoms with van der Waals surface area (Å²) >= 11 is 0. The molecule has 154 valence electrons. The van der Waals surface area contributed by atoms with Crippen LogP contribution in [0.3, 0.4) is 0 Å². The number of aromatic nitrogens is 2. The summed E-state index contributed by atoms with van der Waals surface area (Å²) in [4.78, 5) is 21.9. The molecule has 2 fully saturated rings. The van der Waals surface area contributed by atoms with Gasteiger partial charge in [-0.3, -0.25) is 4.79 Å². The lowest BCUT2D eigenvalue weighted by Crippen LogP contribution is -2.47. The van der Waals surface area contributed by atoms with Crippen LogP contribution in [0.1, 0.15) is 40.5 Å². The van der Waals surface area contributed by atoms with Crippen molar-refractivity contribution < 1.29 is 29.1 Å². The molecule has 0 unspecified atom stereocenters. The van der Waals surface area contributed by atoms with Crippen molar-refractivity contribution in [1.29, 1.82) is 0 Å². The molecule has 0 aliphatic carbocycles. The summed E-state index contributed by atoms with van der Waals surface area (Å²) in [6.45, 7) is 8.28. The number of carbonyl (C=O) groups excluding carboxylic acids is 1. The summed E-state index contributed by atoms with van der Waals surface area (Å²) in [5.74, 6) is -0.455. The molecule has 10 heteroatoms. The molecule has 0 spiro atoms.